The van der Waals surface area contributed by atoms with Crippen molar-refractivity contribution in [3.05, 3.63) is 11.6 Å². The highest BCUT2D eigenvalue weighted by Crippen LogP contribution is 2.66. The van der Waals surface area contributed by atoms with E-state index in [-0.39, 0.29) is 47.4 Å². The Morgan fingerprint density at radius 3 is 2.53 bits per heavy atom. The molecule has 1 spiro atoms. The molecule has 32 heavy (non-hydrogen) atoms. The van der Waals surface area contributed by atoms with E-state index in [1.165, 1.54) is 6.08 Å². The molecule has 4 fully saturated rings. The van der Waals surface area contributed by atoms with Crippen LogP contribution in [0.2, 0.25) is 0 Å². The third-order valence-electron chi connectivity index (χ3n) is 9.26. The zero-order valence-electron chi connectivity index (χ0n) is 19.7. The van der Waals surface area contributed by atoms with Crippen molar-refractivity contribution in [2.24, 2.45) is 35.5 Å². The van der Waals surface area contributed by atoms with Gasteiger partial charge in [-0.05, 0) is 56.4 Å². The summed E-state index contributed by atoms with van der Waals surface area (Å²) in [5.41, 5.74) is -1.62. The number of hydrogen-bond donors (Lipinski definition) is 2. The normalized spacial score (nSPS) is 54.7. The van der Waals surface area contributed by atoms with E-state index in [1.54, 1.807) is 0 Å². The minimum absolute atomic E-state index is 0.0159. The molecular formula is C25H36O7. The van der Waals surface area contributed by atoms with E-state index in [9.17, 15) is 19.8 Å². The number of Topliss-reactive ketones (excluding diaryl/α,β-unsaturated/α-hetero) is 1. The number of cyclic esters (lactones) is 1. The molecule has 2 N–H and O–H groups in total. The average molecular weight is 449 g/mol. The third-order valence-corrected chi connectivity index (χ3v) is 9.26. The van der Waals surface area contributed by atoms with Crippen LogP contribution in [-0.2, 0) is 23.8 Å². The van der Waals surface area contributed by atoms with E-state index < -0.39 is 29.0 Å². The molecule has 2 aliphatic carbocycles. The second-order valence-corrected chi connectivity index (χ2v) is 11.5. The van der Waals surface area contributed by atoms with Crippen molar-refractivity contribution in [3.8, 4) is 0 Å². The van der Waals surface area contributed by atoms with Gasteiger partial charge in [0.15, 0.2) is 5.79 Å². The van der Waals surface area contributed by atoms with E-state index in [0.717, 1.165) is 5.57 Å². The van der Waals surface area contributed by atoms with Gasteiger partial charge in [-0.15, -0.1) is 0 Å². The van der Waals surface area contributed by atoms with Gasteiger partial charge in [-0.2, -0.15) is 0 Å². The van der Waals surface area contributed by atoms with Crippen LogP contribution in [0.4, 0.5) is 0 Å². The molecule has 7 nitrogen and oxygen atoms in total. The number of aliphatic hydroxyl groups excluding tert-OH is 1. The molecule has 0 unspecified atom stereocenters. The SMILES string of the molecule is CC1=CC(=O)O[C@H]1CC[C@@]1(C)O[C@]2(C[C@@H](C)CO2)[C@@]2(O)[C@H](C)[C@@H]3[C@H](C(=O)[C@H]21)[C@@H](C)C[C@@H]3O. The summed E-state index contributed by atoms with van der Waals surface area (Å²) < 4.78 is 18.3. The molecule has 11 atom stereocenters. The molecule has 178 valence electrons. The van der Waals surface area contributed by atoms with Crippen molar-refractivity contribution >= 4 is 11.8 Å². The summed E-state index contributed by atoms with van der Waals surface area (Å²) in [6, 6.07) is 0. The Balaban J connectivity index is 1.54. The number of hydrogen-bond acceptors (Lipinski definition) is 7. The van der Waals surface area contributed by atoms with Crippen LogP contribution < -0.4 is 0 Å². The predicted molar refractivity (Wildman–Crippen MR) is 114 cm³/mol. The lowest BCUT2D eigenvalue weighted by Crippen LogP contribution is -2.67. The van der Waals surface area contributed by atoms with E-state index >= 15 is 0 Å². The number of rotatable bonds is 3. The van der Waals surface area contributed by atoms with Crippen LogP contribution in [0.15, 0.2) is 11.6 Å². The van der Waals surface area contributed by atoms with Crippen LogP contribution >= 0.6 is 0 Å². The molecule has 5 aliphatic rings. The Hall–Kier alpha value is -1.28. The first-order valence-electron chi connectivity index (χ1n) is 12.1. The van der Waals surface area contributed by atoms with Crippen LogP contribution in [0.1, 0.15) is 60.3 Å². The van der Waals surface area contributed by atoms with E-state index in [4.69, 9.17) is 14.2 Å². The van der Waals surface area contributed by atoms with Crippen LogP contribution in [0.25, 0.3) is 0 Å². The maximum absolute atomic E-state index is 14.0. The summed E-state index contributed by atoms with van der Waals surface area (Å²) in [6.07, 6.45) is 2.58. The number of aliphatic hydroxyl groups is 2. The van der Waals surface area contributed by atoms with Gasteiger partial charge in [0.05, 0.1) is 24.2 Å². The molecule has 3 aliphatic heterocycles. The minimum atomic E-state index is -1.52. The average Bonchev–Trinajstić information content (AvgIpc) is 3.37. The molecule has 0 bridgehead atoms. The molecule has 3 heterocycles. The molecule has 7 heteroatoms. The summed E-state index contributed by atoms with van der Waals surface area (Å²) in [5.74, 6) is -3.10. The van der Waals surface area contributed by atoms with Gasteiger partial charge in [-0.1, -0.05) is 20.8 Å². The van der Waals surface area contributed by atoms with Crippen molar-refractivity contribution in [1.29, 1.82) is 0 Å². The molecular weight excluding hydrogens is 412 g/mol. The Morgan fingerprint density at radius 1 is 1.22 bits per heavy atom. The largest absolute Gasteiger partial charge is 0.455 e. The molecule has 0 aromatic rings. The first-order valence-corrected chi connectivity index (χ1v) is 12.1. The number of carbonyl (C=O) groups is 2. The summed E-state index contributed by atoms with van der Waals surface area (Å²) in [5, 5.41) is 23.2. The Kier molecular flexibility index (Phi) is 5.00. The lowest BCUT2D eigenvalue weighted by molar-refractivity contribution is -0.298. The van der Waals surface area contributed by atoms with Crippen molar-refractivity contribution in [2.75, 3.05) is 6.61 Å². The fourth-order valence-corrected chi connectivity index (χ4v) is 7.88. The highest BCUT2D eigenvalue weighted by Gasteiger charge is 2.79. The number of esters is 1. The lowest BCUT2D eigenvalue weighted by Gasteiger charge is -2.52. The first kappa shape index (κ1) is 22.5. The van der Waals surface area contributed by atoms with Gasteiger partial charge >= 0.3 is 5.97 Å². The van der Waals surface area contributed by atoms with Crippen LogP contribution in [-0.4, -0.2) is 57.8 Å². The molecule has 0 amide bonds. The monoisotopic (exact) mass is 448 g/mol. The van der Waals surface area contributed by atoms with Gasteiger partial charge in [-0.25, -0.2) is 4.79 Å². The van der Waals surface area contributed by atoms with Gasteiger partial charge < -0.3 is 24.4 Å². The second kappa shape index (κ2) is 7.11. The Labute approximate surface area is 189 Å². The topological polar surface area (TPSA) is 102 Å². The van der Waals surface area contributed by atoms with Gasteiger partial charge in [0.25, 0.3) is 0 Å². The molecule has 0 aromatic carbocycles. The molecule has 5 rings (SSSR count). The van der Waals surface area contributed by atoms with Crippen molar-refractivity contribution in [1.82, 2.24) is 0 Å². The molecule has 2 saturated carbocycles. The molecule has 0 radical (unpaired) electrons. The zero-order valence-corrected chi connectivity index (χ0v) is 19.7. The standard InChI is InChI=1S/C25H36O7/c1-12-10-24(30-11-12)25(29)15(4)20-16(26)8-14(3)19(20)21(28)22(25)23(5,32-24)7-6-17-13(2)9-18(27)31-17/h9,12,14-17,19-20,22,26,29H,6-8,10-11H2,1-5H3/t12-,14+,15-,16+,17+,19-,20+,22+,23-,24-,25-/m1/s1. The Morgan fingerprint density at radius 2 is 1.94 bits per heavy atom. The van der Waals surface area contributed by atoms with Crippen molar-refractivity contribution in [3.63, 3.8) is 0 Å². The smallest absolute Gasteiger partial charge is 0.331 e. The lowest BCUT2D eigenvalue weighted by atomic mass is 9.53. The third kappa shape index (κ3) is 2.80. The summed E-state index contributed by atoms with van der Waals surface area (Å²) in [7, 11) is 0. The number of ether oxygens (including phenoxy) is 3. The van der Waals surface area contributed by atoms with Crippen LogP contribution in [0.5, 0.6) is 0 Å². The summed E-state index contributed by atoms with van der Waals surface area (Å²) in [6.45, 7) is 10.3. The zero-order chi connectivity index (χ0) is 23.2. The summed E-state index contributed by atoms with van der Waals surface area (Å²) >= 11 is 0. The maximum atomic E-state index is 14.0. The second-order valence-electron chi connectivity index (χ2n) is 11.5. The minimum Gasteiger partial charge on any atom is -0.455 e. The van der Waals surface area contributed by atoms with Gasteiger partial charge in [0.1, 0.15) is 17.5 Å². The molecule has 2 saturated heterocycles. The van der Waals surface area contributed by atoms with Crippen molar-refractivity contribution < 1.29 is 34.0 Å². The number of ketones is 1. The maximum Gasteiger partial charge on any atom is 0.331 e. The van der Waals surface area contributed by atoms with E-state index in [0.29, 0.717) is 32.3 Å². The summed E-state index contributed by atoms with van der Waals surface area (Å²) in [4.78, 5) is 25.7. The van der Waals surface area contributed by atoms with E-state index in [1.807, 2.05) is 27.7 Å². The van der Waals surface area contributed by atoms with Gasteiger partial charge in [0, 0.05) is 24.3 Å². The fourth-order valence-electron chi connectivity index (χ4n) is 7.88. The predicted octanol–water partition coefficient (Wildman–Crippen LogP) is 2.38. The van der Waals surface area contributed by atoms with Crippen molar-refractivity contribution in [2.45, 2.75) is 89.5 Å². The number of carbonyl (C=O) groups excluding carboxylic acids is 2. The van der Waals surface area contributed by atoms with Gasteiger partial charge in [-0.3, -0.25) is 4.79 Å². The highest BCUT2D eigenvalue weighted by atomic mass is 16.7. The van der Waals surface area contributed by atoms with Crippen LogP contribution in [0.3, 0.4) is 0 Å². The van der Waals surface area contributed by atoms with Crippen LogP contribution in [0, 0.1) is 35.5 Å². The van der Waals surface area contributed by atoms with E-state index in [2.05, 4.69) is 6.92 Å². The fraction of sp³-hybridized carbons (Fsp3) is 0.840. The number of fused-ring (bicyclic) bond motifs is 3. The van der Waals surface area contributed by atoms with Gasteiger partial charge in [0.2, 0.25) is 0 Å². The Bertz CT molecular complexity index is 868. The first-order chi connectivity index (χ1) is 14.9. The quantitative estimate of drug-likeness (QED) is 0.639. The highest BCUT2D eigenvalue weighted by molar-refractivity contribution is 5.89. The molecule has 0 aromatic heterocycles.